The molecule has 0 radical (unpaired) electrons. The Morgan fingerprint density at radius 3 is 2.54 bits per heavy atom. The summed E-state index contributed by atoms with van der Waals surface area (Å²) in [6.45, 7) is 1.67. The fourth-order valence-electron chi connectivity index (χ4n) is 3.06. The van der Waals surface area contributed by atoms with Gasteiger partial charge in [0, 0.05) is 13.0 Å². The Morgan fingerprint density at radius 1 is 0.962 bits per heavy atom. The third-order valence-corrected chi connectivity index (χ3v) is 4.37. The zero-order valence-corrected chi connectivity index (χ0v) is 14.9. The molecule has 0 saturated heterocycles. The van der Waals surface area contributed by atoms with E-state index in [0.717, 1.165) is 37.2 Å². The van der Waals surface area contributed by atoms with Crippen molar-refractivity contribution < 1.29 is 9.23 Å². The zero-order valence-electron chi connectivity index (χ0n) is 14.9. The van der Waals surface area contributed by atoms with Crippen molar-refractivity contribution in [2.75, 3.05) is 20.2 Å². The van der Waals surface area contributed by atoms with E-state index in [4.69, 9.17) is 4.84 Å². The lowest BCUT2D eigenvalue weighted by atomic mass is 10.0. The lowest BCUT2D eigenvalue weighted by Crippen LogP contribution is -2.21. The molecule has 0 unspecified atom stereocenters. The van der Waals surface area contributed by atoms with Crippen LogP contribution in [0.2, 0.25) is 0 Å². The Hall–Kier alpha value is -2.72. The van der Waals surface area contributed by atoms with Crippen molar-refractivity contribution in [3.63, 3.8) is 0 Å². The van der Waals surface area contributed by atoms with Gasteiger partial charge in [-0.05, 0) is 47.0 Å². The fraction of sp³-hybridized carbons (Fsp3) is 0.227. The number of benzene rings is 3. The summed E-state index contributed by atoms with van der Waals surface area (Å²) in [6.07, 6.45) is 1.68. The highest BCUT2D eigenvalue weighted by molar-refractivity contribution is 6.00. The van der Waals surface area contributed by atoms with Crippen molar-refractivity contribution in [2.24, 2.45) is 5.16 Å². The maximum atomic E-state index is 13.1. The predicted octanol–water partition coefficient (Wildman–Crippen LogP) is 4.55. The van der Waals surface area contributed by atoms with Gasteiger partial charge in [-0.2, -0.15) is 0 Å². The molecule has 0 atom stereocenters. The molecule has 3 nitrogen and oxygen atoms in total. The molecule has 3 aromatic carbocycles. The maximum absolute atomic E-state index is 13.1. The van der Waals surface area contributed by atoms with Crippen LogP contribution >= 0.6 is 0 Å². The number of nitrogens with one attached hydrogen (secondary N) is 1. The Labute approximate surface area is 153 Å². The first-order valence-corrected chi connectivity index (χ1v) is 8.81. The van der Waals surface area contributed by atoms with Crippen LogP contribution in [0.25, 0.3) is 10.8 Å². The van der Waals surface area contributed by atoms with Gasteiger partial charge >= 0.3 is 0 Å². The number of halogens is 1. The second kappa shape index (κ2) is 9.11. The van der Waals surface area contributed by atoms with Crippen molar-refractivity contribution in [1.29, 1.82) is 0 Å². The molecule has 0 aliphatic heterocycles. The van der Waals surface area contributed by atoms with Crippen LogP contribution in [-0.4, -0.2) is 25.9 Å². The van der Waals surface area contributed by atoms with Crippen molar-refractivity contribution in [3.05, 3.63) is 83.7 Å². The highest BCUT2D eigenvalue weighted by Crippen LogP contribution is 2.18. The second-order valence-electron chi connectivity index (χ2n) is 6.12. The average molecular weight is 350 g/mol. The molecular weight excluding hydrogens is 327 g/mol. The van der Waals surface area contributed by atoms with Crippen LogP contribution < -0.4 is 5.32 Å². The van der Waals surface area contributed by atoms with E-state index in [1.54, 1.807) is 12.1 Å². The molecule has 134 valence electrons. The van der Waals surface area contributed by atoms with Crippen molar-refractivity contribution in [1.82, 2.24) is 5.32 Å². The number of hydrogen-bond donors (Lipinski definition) is 1. The molecule has 3 aromatic rings. The molecule has 0 bridgehead atoms. The zero-order chi connectivity index (χ0) is 18.2. The van der Waals surface area contributed by atoms with Gasteiger partial charge in [0.15, 0.2) is 0 Å². The van der Waals surface area contributed by atoms with E-state index in [9.17, 15) is 4.39 Å². The number of hydrogen-bond acceptors (Lipinski definition) is 3. The first-order chi connectivity index (χ1) is 12.8. The second-order valence-corrected chi connectivity index (χ2v) is 6.12. The minimum absolute atomic E-state index is 0.251. The number of oxime groups is 1. The van der Waals surface area contributed by atoms with E-state index in [2.05, 4.69) is 52.9 Å². The van der Waals surface area contributed by atoms with Crippen LogP contribution in [0.3, 0.4) is 0 Å². The van der Waals surface area contributed by atoms with Crippen LogP contribution in [0.4, 0.5) is 4.39 Å². The van der Waals surface area contributed by atoms with Gasteiger partial charge in [0.05, 0.1) is 5.71 Å². The van der Waals surface area contributed by atoms with Gasteiger partial charge in [-0.15, -0.1) is 0 Å². The van der Waals surface area contributed by atoms with E-state index >= 15 is 0 Å². The summed E-state index contributed by atoms with van der Waals surface area (Å²) in [6, 6.07) is 21.2. The number of nitrogens with zero attached hydrogens (tertiary/aromatic N) is 1. The molecule has 0 aliphatic carbocycles. The molecule has 26 heavy (non-hydrogen) atoms. The van der Waals surface area contributed by atoms with Crippen LogP contribution in [0.15, 0.2) is 71.9 Å². The Morgan fingerprint density at radius 2 is 1.73 bits per heavy atom. The molecule has 0 fully saturated rings. The summed E-state index contributed by atoms with van der Waals surface area (Å²) < 4.78 is 13.1. The van der Waals surface area contributed by atoms with E-state index in [-0.39, 0.29) is 5.82 Å². The molecule has 0 amide bonds. The Bertz CT molecular complexity index is 869. The maximum Gasteiger partial charge on any atom is 0.123 e. The quantitative estimate of drug-likeness (QED) is 0.367. The van der Waals surface area contributed by atoms with E-state index < -0.39 is 0 Å². The molecule has 0 aliphatic rings. The van der Waals surface area contributed by atoms with Crippen LogP contribution in [0.5, 0.6) is 0 Å². The van der Waals surface area contributed by atoms with Crippen LogP contribution in [0.1, 0.15) is 17.5 Å². The van der Waals surface area contributed by atoms with E-state index in [1.807, 2.05) is 0 Å². The highest BCUT2D eigenvalue weighted by Gasteiger charge is 2.05. The summed E-state index contributed by atoms with van der Waals surface area (Å²) in [5, 5.41) is 10.1. The van der Waals surface area contributed by atoms with Gasteiger partial charge < -0.3 is 10.2 Å². The van der Waals surface area contributed by atoms with Crippen LogP contribution in [-0.2, 0) is 11.3 Å². The first-order valence-electron chi connectivity index (χ1n) is 8.81. The largest absolute Gasteiger partial charge is 0.399 e. The van der Waals surface area contributed by atoms with Crippen LogP contribution in [0, 0.1) is 5.82 Å². The monoisotopic (exact) mass is 350 g/mol. The predicted molar refractivity (Wildman–Crippen MR) is 105 cm³/mol. The van der Waals surface area contributed by atoms with Gasteiger partial charge in [-0.25, -0.2) is 4.39 Å². The van der Waals surface area contributed by atoms with Gasteiger partial charge in [0.25, 0.3) is 0 Å². The minimum Gasteiger partial charge on any atom is -0.399 e. The van der Waals surface area contributed by atoms with Crippen molar-refractivity contribution in [3.8, 4) is 0 Å². The standard InChI is InChI=1S/C22H23FN2O/c1-26-25-22(19-9-11-20(23)12-10-19)14-16-24-15-13-18-7-4-6-17-5-2-3-8-21(17)18/h2-12,24H,13-16H2,1H3/b25-22-. The third-order valence-electron chi connectivity index (χ3n) is 4.37. The van der Waals surface area contributed by atoms with Crippen molar-refractivity contribution >= 4 is 16.5 Å². The Kier molecular flexibility index (Phi) is 6.34. The topological polar surface area (TPSA) is 33.6 Å². The highest BCUT2D eigenvalue weighted by atomic mass is 19.1. The molecule has 0 spiro atoms. The average Bonchev–Trinajstić information content (AvgIpc) is 2.68. The van der Waals surface area contributed by atoms with Gasteiger partial charge in [0.2, 0.25) is 0 Å². The normalized spacial score (nSPS) is 11.7. The van der Waals surface area contributed by atoms with Gasteiger partial charge in [-0.3, -0.25) is 0 Å². The molecule has 4 heteroatoms. The number of fused-ring (bicyclic) bond motifs is 1. The SMILES string of the molecule is CO/N=C(/CCNCCc1cccc2ccccc12)c1ccc(F)cc1. The summed E-state index contributed by atoms with van der Waals surface area (Å²) in [7, 11) is 1.53. The lowest BCUT2D eigenvalue weighted by Gasteiger charge is -2.09. The van der Waals surface area contributed by atoms with E-state index in [0.29, 0.717) is 0 Å². The lowest BCUT2D eigenvalue weighted by molar-refractivity contribution is 0.213. The minimum atomic E-state index is -0.251. The number of rotatable bonds is 8. The fourth-order valence-corrected chi connectivity index (χ4v) is 3.06. The summed E-state index contributed by atoms with van der Waals surface area (Å²) in [4.78, 5) is 4.93. The molecule has 1 N–H and O–H groups in total. The van der Waals surface area contributed by atoms with E-state index in [1.165, 1.54) is 35.6 Å². The molecule has 0 saturated carbocycles. The molecule has 0 heterocycles. The summed E-state index contributed by atoms with van der Waals surface area (Å²) in [5.74, 6) is -0.251. The van der Waals surface area contributed by atoms with Gasteiger partial charge in [0.1, 0.15) is 12.9 Å². The molecular formula is C22H23FN2O. The third kappa shape index (κ3) is 4.67. The summed E-state index contributed by atoms with van der Waals surface area (Å²) in [5.41, 5.74) is 3.04. The van der Waals surface area contributed by atoms with Crippen molar-refractivity contribution in [2.45, 2.75) is 12.8 Å². The molecule has 3 rings (SSSR count). The summed E-state index contributed by atoms with van der Waals surface area (Å²) >= 11 is 0. The Balaban J connectivity index is 1.52. The smallest absolute Gasteiger partial charge is 0.123 e. The van der Waals surface area contributed by atoms with Gasteiger partial charge in [-0.1, -0.05) is 59.8 Å². The molecule has 0 aromatic heterocycles. The first kappa shape index (κ1) is 18.1.